The van der Waals surface area contributed by atoms with Crippen molar-refractivity contribution in [3.05, 3.63) is 48.0 Å². The molecule has 0 aromatic heterocycles. The van der Waals surface area contributed by atoms with Crippen LogP contribution in [-0.2, 0) is 16.0 Å². The Balaban J connectivity index is 2.16. The van der Waals surface area contributed by atoms with E-state index in [0.29, 0.717) is 0 Å². The normalized spacial score (nSPS) is 10.2. The Labute approximate surface area is 104 Å². The van der Waals surface area contributed by atoms with Crippen LogP contribution in [0.5, 0.6) is 0 Å². The molecule has 2 N–H and O–H groups in total. The van der Waals surface area contributed by atoms with Gasteiger partial charge in [0, 0.05) is 0 Å². The SMILES string of the molecule is O=C(O)CNC(=O)Cc1cccc2ccccc12. The van der Waals surface area contributed by atoms with Gasteiger partial charge in [-0.2, -0.15) is 0 Å². The maximum atomic E-state index is 11.6. The highest BCUT2D eigenvalue weighted by Gasteiger charge is 2.07. The van der Waals surface area contributed by atoms with Gasteiger partial charge in [0.05, 0.1) is 6.42 Å². The quantitative estimate of drug-likeness (QED) is 0.856. The van der Waals surface area contributed by atoms with Crippen molar-refractivity contribution in [1.82, 2.24) is 5.32 Å². The maximum Gasteiger partial charge on any atom is 0.322 e. The second kappa shape index (κ2) is 5.31. The van der Waals surface area contributed by atoms with E-state index in [-0.39, 0.29) is 18.9 Å². The monoisotopic (exact) mass is 243 g/mol. The van der Waals surface area contributed by atoms with Crippen molar-refractivity contribution in [2.24, 2.45) is 0 Å². The van der Waals surface area contributed by atoms with E-state index in [1.54, 1.807) is 0 Å². The van der Waals surface area contributed by atoms with E-state index in [4.69, 9.17) is 5.11 Å². The summed E-state index contributed by atoms with van der Waals surface area (Å²) < 4.78 is 0. The lowest BCUT2D eigenvalue weighted by atomic mass is 10.0. The van der Waals surface area contributed by atoms with E-state index >= 15 is 0 Å². The van der Waals surface area contributed by atoms with Crippen molar-refractivity contribution in [2.45, 2.75) is 6.42 Å². The van der Waals surface area contributed by atoms with Crippen LogP contribution in [0.4, 0.5) is 0 Å². The number of nitrogens with one attached hydrogen (secondary N) is 1. The third-order valence-corrected chi connectivity index (χ3v) is 2.67. The molecule has 0 saturated carbocycles. The van der Waals surface area contributed by atoms with Gasteiger partial charge in [-0.25, -0.2) is 0 Å². The lowest BCUT2D eigenvalue weighted by Crippen LogP contribution is -2.30. The average molecular weight is 243 g/mol. The number of fused-ring (bicyclic) bond motifs is 1. The first-order chi connectivity index (χ1) is 8.66. The minimum atomic E-state index is -1.04. The van der Waals surface area contributed by atoms with Gasteiger partial charge >= 0.3 is 5.97 Å². The summed E-state index contributed by atoms with van der Waals surface area (Å²) in [5, 5.41) is 12.9. The molecule has 1 amide bonds. The van der Waals surface area contributed by atoms with Crippen molar-refractivity contribution < 1.29 is 14.7 Å². The molecule has 0 aliphatic rings. The Morgan fingerprint density at radius 2 is 1.78 bits per heavy atom. The Kier molecular flexibility index (Phi) is 3.57. The van der Waals surface area contributed by atoms with Crippen LogP contribution in [-0.4, -0.2) is 23.5 Å². The third-order valence-electron chi connectivity index (χ3n) is 2.67. The number of hydrogen-bond donors (Lipinski definition) is 2. The lowest BCUT2D eigenvalue weighted by molar-refractivity contribution is -0.137. The number of rotatable bonds is 4. The first kappa shape index (κ1) is 12.1. The Morgan fingerprint density at radius 3 is 2.56 bits per heavy atom. The van der Waals surface area contributed by atoms with E-state index in [9.17, 15) is 9.59 Å². The van der Waals surface area contributed by atoms with Crippen LogP contribution in [0.25, 0.3) is 10.8 Å². The van der Waals surface area contributed by atoms with E-state index in [1.165, 1.54) is 0 Å². The molecule has 18 heavy (non-hydrogen) atoms. The molecule has 2 aromatic rings. The fourth-order valence-electron chi connectivity index (χ4n) is 1.86. The van der Waals surface area contributed by atoms with Gasteiger partial charge in [-0.15, -0.1) is 0 Å². The van der Waals surface area contributed by atoms with E-state index in [2.05, 4.69) is 5.32 Å². The number of carbonyl (C=O) groups is 2. The molecule has 0 saturated heterocycles. The summed E-state index contributed by atoms with van der Waals surface area (Å²) >= 11 is 0. The number of aliphatic carboxylic acids is 1. The summed E-state index contributed by atoms with van der Waals surface area (Å²) in [6, 6.07) is 13.5. The fourth-order valence-corrected chi connectivity index (χ4v) is 1.86. The van der Waals surface area contributed by atoms with Crippen LogP contribution in [0.3, 0.4) is 0 Å². The predicted octanol–water partition coefficient (Wildman–Crippen LogP) is 1.58. The van der Waals surface area contributed by atoms with Gasteiger partial charge in [0.1, 0.15) is 6.54 Å². The summed E-state index contributed by atoms with van der Waals surface area (Å²) in [7, 11) is 0. The van der Waals surface area contributed by atoms with Gasteiger partial charge in [-0.3, -0.25) is 9.59 Å². The maximum absolute atomic E-state index is 11.6. The highest BCUT2D eigenvalue weighted by molar-refractivity contribution is 5.91. The number of carboxylic acid groups (broad SMARTS) is 1. The molecule has 92 valence electrons. The molecule has 0 fully saturated rings. The van der Waals surface area contributed by atoms with Crippen molar-refractivity contribution in [3.63, 3.8) is 0 Å². The smallest absolute Gasteiger partial charge is 0.322 e. The minimum absolute atomic E-state index is 0.189. The second-order valence-corrected chi connectivity index (χ2v) is 3.99. The van der Waals surface area contributed by atoms with Crippen LogP contribution >= 0.6 is 0 Å². The molecule has 2 aromatic carbocycles. The molecule has 0 radical (unpaired) electrons. The average Bonchev–Trinajstić information content (AvgIpc) is 2.37. The van der Waals surface area contributed by atoms with Gasteiger partial charge in [-0.1, -0.05) is 42.5 Å². The van der Waals surface area contributed by atoms with Gasteiger partial charge in [0.25, 0.3) is 0 Å². The molecule has 2 rings (SSSR count). The number of carbonyl (C=O) groups excluding carboxylic acids is 1. The molecule has 0 heterocycles. The molecule has 0 aliphatic carbocycles. The van der Waals surface area contributed by atoms with E-state index in [0.717, 1.165) is 16.3 Å². The number of carboxylic acids is 1. The van der Waals surface area contributed by atoms with Crippen LogP contribution < -0.4 is 5.32 Å². The summed E-state index contributed by atoms with van der Waals surface area (Å²) in [4.78, 5) is 21.9. The van der Waals surface area contributed by atoms with Gasteiger partial charge in [0.15, 0.2) is 0 Å². The highest BCUT2D eigenvalue weighted by atomic mass is 16.4. The number of hydrogen-bond acceptors (Lipinski definition) is 2. The Bertz CT molecular complexity index is 587. The molecule has 0 aliphatic heterocycles. The van der Waals surface area contributed by atoms with Crippen molar-refractivity contribution in [1.29, 1.82) is 0 Å². The van der Waals surface area contributed by atoms with Crippen LogP contribution in [0.1, 0.15) is 5.56 Å². The highest BCUT2D eigenvalue weighted by Crippen LogP contribution is 2.18. The largest absolute Gasteiger partial charge is 0.480 e. The number of benzene rings is 2. The molecular formula is C14H13NO3. The van der Waals surface area contributed by atoms with Gasteiger partial charge in [-0.05, 0) is 16.3 Å². The van der Waals surface area contributed by atoms with Gasteiger partial charge < -0.3 is 10.4 Å². The van der Waals surface area contributed by atoms with Crippen LogP contribution in [0, 0.1) is 0 Å². The van der Waals surface area contributed by atoms with Gasteiger partial charge in [0.2, 0.25) is 5.91 Å². The molecule has 4 heteroatoms. The molecular weight excluding hydrogens is 230 g/mol. The summed E-state index contributed by atoms with van der Waals surface area (Å²) in [6.45, 7) is -0.344. The van der Waals surface area contributed by atoms with Crippen LogP contribution in [0.2, 0.25) is 0 Å². The zero-order chi connectivity index (χ0) is 13.0. The standard InChI is InChI=1S/C14H13NO3/c16-13(15-9-14(17)18)8-11-6-3-5-10-4-1-2-7-12(10)11/h1-7H,8-9H2,(H,15,16)(H,17,18). The zero-order valence-electron chi connectivity index (χ0n) is 9.72. The van der Waals surface area contributed by atoms with Crippen molar-refractivity contribution in [2.75, 3.05) is 6.54 Å². The summed E-state index contributed by atoms with van der Waals surface area (Å²) in [5.41, 5.74) is 0.899. The first-order valence-electron chi connectivity index (χ1n) is 5.62. The van der Waals surface area contributed by atoms with E-state index < -0.39 is 5.97 Å². The molecule has 0 unspecified atom stereocenters. The predicted molar refractivity (Wildman–Crippen MR) is 68.3 cm³/mol. The minimum Gasteiger partial charge on any atom is -0.480 e. The lowest BCUT2D eigenvalue weighted by Gasteiger charge is -2.06. The number of amides is 1. The third kappa shape index (κ3) is 2.85. The molecule has 4 nitrogen and oxygen atoms in total. The fraction of sp³-hybridized carbons (Fsp3) is 0.143. The molecule has 0 atom stereocenters. The van der Waals surface area contributed by atoms with E-state index in [1.807, 2.05) is 42.5 Å². The summed E-state index contributed by atoms with van der Waals surface area (Å²) in [5.74, 6) is -1.32. The zero-order valence-corrected chi connectivity index (χ0v) is 9.72. The molecule has 0 bridgehead atoms. The summed E-state index contributed by atoms with van der Waals surface area (Å²) in [6.07, 6.45) is 0.189. The van der Waals surface area contributed by atoms with Crippen molar-refractivity contribution in [3.8, 4) is 0 Å². The first-order valence-corrected chi connectivity index (χ1v) is 5.62. The second-order valence-electron chi connectivity index (χ2n) is 3.99. The van der Waals surface area contributed by atoms with Crippen LogP contribution in [0.15, 0.2) is 42.5 Å². The Morgan fingerprint density at radius 1 is 1.06 bits per heavy atom. The Hall–Kier alpha value is -2.36. The topological polar surface area (TPSA) is 66.4 Å². The molecule has 0 spiro atoms. The van der Waals surface area contributed by atoms with Crippen molar-refractivity contribution >= 4 is 22.6 Å².